The molecule has 3 nitrogen and oxygen atoms in total. The van der Waals surface area contributed by atoms with Gasteiger partial charge in [0.25, 0.3) is 0 Å². The van der Waals surface area contributed by atoms with Gasteiger partial charge in [0.15, 0.2) is 0 Å². The van der Waals surface area contributed by atoms with Crippen molar-refractivity contribution >= 4 is 5.97 Å². The van der Waals surface area contributed by atoms with Crippen molar-refractivity contribution in [3.63, 3.8) is 0 Å². The van der Waals surface area contributed by atoms with Gasteiger partial charge in [0.05, 0.1) is 6.61 Å². The van der Waals surface area contributed by atoms with Crippen molar-refractivity contribution < 1.29 is 9.53 Å². The van der Waals surface area contributed by atoms with Gasteiger partial charge in [-0.15, -0.1) is 0 Å². The van der Waals surface area contributed by atoms with Gasteiger partial charge in [-0.05, 0) is 38.1 Å². The fourth-order valence-electron chi connectivity index (χ4n) is 0.981. The van der Waals surface area contributed by atoms with Gasteiger partial charge in [0.1, 0.15) is 0 Å². The maximum Gasteiger partial charge on any atom is 0.305 e. The molecule has 0 bridgehead atoms. The smallest absolute Gasteiger partial charge is 0.305 e. The molecule has 0 aromatic carbocycles. The number of esters is 1. The van der Waals surface area contributed by atoms with Gasteiger partial charge in [0, 0.05) is 6.42 Å². The van der Waals surface area contributed by atoms with Crippen LogP contribution in [0.15, 0.2) is 0 Å². The van der Waals surface area contributed by atoms with Crippen molar-refractivity contribution in [2.45, 2.75) is 32.1 Å². The molecule has 70 valence electrons. The Balaban J connectivity index is 1.88. The lowest BCUT2D eigenvalue weighted by Crippen LogP contribution is -2.07. The minimum atomic E-state index is -0.0599. The lowest BCUT2D eigenvalue weighted by Gasteiger charge is -2.02. The van der Waals surface area contributed by atoms with Crippen molar-refractivity contribution in [1.29, 1.82) is 0 Å². The third-order valence-corrected chi connectivity index (χ3v) is 2.01. The predicted molar refractivity (Wildman–Crippen MR) is 46.6 cm³/mol. The van der Waals surface area contributed by atoms with Gasteiger partial charge >= 0.3 is 5.97 Å². The van der Waals surface area contributed by atoms with Crippen molar-refractivity contribution in [2.75, 3.05) is 13.2 Å². The van der Waals surface area contributed by atoms with Crippen LogP contribution in [0.2, 0.25) is 0 Å². The van der Waals surface area contributed by atoms with E-state index in [9.17, 15) is 4.79 Å². The molecule has 1 fully saturated rings. The summed E-state index contributed by atoms with van der Waals surface area (Å²) >= 11 is 0. The fraction of sp³-hybridized carbons (Fsp3) is 0.889. The molecule has 0 unspecified atom stereocenters. The van der Waals surface area contributed by atoms with Crippen LogP contribution in [-0.2, 0) is 9.53 Å². The van der Waals surface area contributed by atoms with Crippen LogP contribution in [0, 0.1) is 5.92 Å². The van der Waals surface area contributed by atoms with Gasteiger partial charge in [-0.3, -0.25) is 4.79 Å². The van der Waals surface area contributed by atoms with E-state index in [1.807, 2.05) is 0 Å². The summed E-state index contributed by atoms with van der Waals surface area (Å²) in [4.78, 5) is 11.0. The summed E-state index contributed by atoms with van der Waals surface area (Å²) in [5, 5.41) is 0. The Bertz CT molecular complexity index is 143. The standard InChI is InChI=1S/C9H17NO2/c10-6-2-1-3-9(11)12-7-8-4-5-8/h8H,1-7,10H2. The molecule has 0 spiro atoms. The van der Waals surface area contributed by atoms with Crippen molar-refractivity contribution in [3.8, 4) is 0 Å². The number of ether oxygens (including phenoxy) is 1. The molecule has 0 aliphatic heterocycles. The van der Waals surface area contributed by atoms with E-state index in [1.54, 1.807) is 0 Å². The maximum absolute atomic E-state index is 11.0. The molecule has 12 heavy (non-hydrogen) atoms. The van der Waals surface area contributed by atoms with Crippen LogP contribution in [-0.4, -0.2) is 19.1 Å². The largest absolute Gasteiger partial charge is 0.465 e. The summed E-state index contributed by atoms with van der Waals surface area (Å²) in [6.07, 6.45) is 4.77. The molecule has 0 aromatic heterocycles. The van der Waals surface area contributed by atoms with Gasteiger partial charge in [-0.2, -0.15) is 0 Å². The predicted octanol–water partition coefficient (Wildman–Crippen LogP) is 1.07. The second kappa shape index (κ2) is 5.14. The van der Waals surface area contributed by atoms with Crippen molar-refractivity contribution in [2.24, 2.45) is 11.7 Å². The van der Waals surface area contributed by atoms with Crippen molar-refractivity contribution in [1.82, 2.24) is 0 Å². The van der Waals surface area contributed by atoms with E-state index in [2.05, 4.69) is 0 Å². The van der Waals surface area contributed by atoms with E-state index in [4.69, 9.17) is 10.5 Å². The normalized spacial score (nSPS) is 16.1. The molecule has 1 aliphatic rings. The molecular weight excluding hydrogens is 154 g/mol. The number of carbonyl (C=O) groups is 1. The Labute approximate surface area is 73.3 Å². The Morgan fingerprint density at radius 3 is 2.75 bits per heavy atom. The van der Waals surface area contributed by atoms with Gasteiger partial charge < -0.3 is 10.5 Å². The quantitative estimate of drug-likeness (QED) is 0.480. The summed E-state index contributed by atoms with van der Waals surface area (Å²) in [5.41, 5.74) is 5.29. The second-order valence-electron chi connectivity index (χ2n) is 3.37. The van der Waals surface area contributed by atoms with E-state index in [-0.39, 0.29) is 5.97 Å². The molecule has 0 amide bonds. The molecule has 0 aromatic rings. The monoisotopic (exact) mass is 171 g/mol. The van der Waals surface area contributed by atoms with E-state index in [0.717, 1.165) is 12.8 Å². The zero-order valence-electron chi connectivity index (χ0n) is 7.42. The first-order valence-electron chi connectivity index (χ1n) is 4.68. The second-order valence-corrected chi connectivity index (χ2v) is 3.37. The number of hydrogen-bond acceptors (Lipinski definition) is 3. The Kier molecular flexibility index (Phi) is 4.08. The van der Waals surface area contributed by atoms with Crippen LogP contribution < -0.4 is 5.73 Å². The first-order chi connectivity index (χ1) is 5.83. The van der Waals surface area contributed by atoms with E-state index in [0.29, 0.717) is 25.5 Å². The first kappa shape index (κ1) is 9.52. The number of rotatable bonds is 6. The maximum atomic E-state index is 11.0. The van der Waals surface area contributed by atoms with Gasteiger partial charge in [-0.25, -0.2) is 0 Å². The molecule has 1 rings (SSSR count). The van der Waals surface area contributed by atoms with Crippen LogP contribution in [0.1, 0.15) is 32.1 Å². The summed E-state index contributed by atoms with van der Waals surface area (Å²) in [7, 11) is 0. The molecule has 1 aliphatic carbocycles. The lowest BCUT2D eigenvalue weighted by molar-refractivity contribution is -0.144. The van der Waals surface area contributed by atoms with E-state index >= 15 is 0 Å². The first-order valence-corrected chi connectivity index (χ1v) is 4.68. The van der Waals surface area contributed by atoms with E-state index in [1.165, 1.54) is 12.8 Å². The zero-order valence-corrected chi connectivity index (χ0v) is 7.42. The van der Waals surface area contributed by atoms with Gasteiger partial charge in [0.2, 0.25) is 0 Å². The number of carbonyl (C=O) groups excluding carboxylic acids is 1. The van der Waals surface area contributed by atoms with E-state index < -0.39 is 0 Å². The fourth-order valence-corrected chi connectivity index (χ4v) is 0.981. The highest BCUT2D eigenvalue weighted by Gasteiger charge is 2.22. The topological polar surface area (TPSA) is 52.3 Å². The summed E-state index contributed by atoms with van der Waals surface area (Å²) < 4.78 is 5.03. The third-order valence-electron chi connectivity index (χ3n) is 2.01. The minimum absolute atomic E-state index is 0.0599. The third kappa shape index (κ3) is 4.34. The Morgan fingerprint density at radius 2 is 2.17 bits per heavy atom. The Hall–Kier alpha value is -0.570. The van der Waals surface area contributed by atoms with Crippen LogP contribution in [0.5, 0.6) is 0 Å². The Morgan fingerprint density at radius 1 is 1.42 bits per heavy atom. The van der Waals surface area contributed by atoms with Gasteiger partial charge in [-0.1, -0.05) is 0 Å². The van der Waals surface area contributed by atoms with Crippen LogP contribution >= 0.6 is 0 Å². The average molecular weight is 171 g/mol. The average Bonchev–Trinajstić information content (AvgIpc) is 2.84. The highest BCUT2D eigenvalue weighted by molar-refractivity contribution is 5.69. The molecule has 3 heteroatoms. The molecule has 0 heterocycles. The highest BCUT2D eigenvalue weighted by Crippen LogP contribution is 2.28. The van der Waals surface area contributed by atoms with Crippen molar-refractivity contribution in [3.05, 3.63) is 0 Å². The SMILES string of the molecule is NCCCCC(=O)OCC1CC1. The molecule has 0 saturated heterocycles. The summed E-state index contributed by atoms with van der Waals surface area (Å²) in [6.45, 7) is 1.30. The number of hydrogen-bond donors (Lipinski definition) is 1. The minimum Gasteiger partial charge on any atom is -0.465 e. The summed E-state index contributed by atoms with van der Waals surface area (Å²) in [6, 6.07) is 0. The molecule has 0 atom stereocenters. The lowest BCUT2D eigenvalue weighted by atomic mass is 10.2. The summed E-state index contributed by atoms with van der Waals surface area (Å²) in [5.74, 6) is 0.610. The van der Waals surface area contributed by atoms with Crippen LogP contribution in [0.3, 0.4) is 0 Å². The van der Waals surface area contributed by atoms with Crippen LogP contribution in [0.4, 0.5) is 0 Å². The molecular formula is C9H17NO2. The zero-order chi connectivity index (χ0) is 8.81. The number of nitrogens with two attached hydrogens (primary N) is 1. The number of unbranched alkanes of at least 4 members (excludes halogenated alkanes) is 1. The molecule has 1 saturated carbocycles. The highest BCUT2D eigenvalue weighted by atomic mass is 16.5. The molecule has 2 N–H and O–H groups in total. The molecule has 0 radical (unpaired) electrons. The van der Waals surface area contributed by atoms with Crippen LogP contribution in [0.25, 0.3) is 0 Å².